The summed E-state index contributed by atoms with van der Waals surface area (Å²) in [5.74, 6) is -3.38. The molecule has 1 aliphatic rings. The molecule has 1 aromatic rings. The number of hydrogen-bond acceptors (Lipinski definition) is 5. The van der Waals surface area contributed by atoms with Crippen molar-refractivity contribution in [3.8, 4) is 0 Å². The van der Waals surface area contributed by atoms with E-state index < -0.39 is 35.9 Å². The van der Waals surface area contributed by atoms with Gasteiger partial charge in [-0.25, -0.2) is 4.79 Å². The van der Waals surface area contributed by atoms with E-state index in [4.69, 9.17) is 4.74 Å². The zero-order valence-electron chi connectivity index (χ0n) is 12.9. The second kappa shape index (κ2) is 6.27. The summed E-state index contributed by atoms with van der Waals surface area (Å²) in [6.45, 7) is 1.25. The Morgan fingerprint density at radius 1 is 1.46 bits per heavy atom. The second-order valence-electron chi connectivity index (χ2n) is 5.22. The molecule has 1 fully saturated rings. The summed E-state index contributed by atoms with van der Waals surface area (Å²) >= 11 is 0. The molecule has 2 rings (SSSR count). The van der Waals surface area contributed by atoms with Gasteiger partial charge in [0.25, 0.3) is 5.72 Å². The first-order chi connectivity index (χ1) is 11.1. The third-order valence-corrected chi connectivity index (χ3v) is 3.88. The third kappa shape index (κ3) is 2.77. The Hall–Kier alpha value is -2.36. The fourth-order valence-corrected chi connectivity index (χ4v) is 2.65. The first kappa shape index (κ1) is 18.0. The molecule has 1 saturated heterocycles. The van der Waals surface area contributed by atoms with Crippen LogP contribution in [0.3, 0.4) is 0 Å². The lowest BCUT2D eigenvalue weighted by molar-refractivity contribution is -0.328. The van der Waals surface area contributed by atoms with Gasteiger partial charge in [0.1, 0.15) is 5.92 Å². The highest BCUT2D eigenvalue weighted by Crippen LogP contribution is 2.46. The van der Waals surface area contributed by atoms with Crippen LogP contribution in [0.15, 0.2) is 24.5 Å². The number of alkyl halides is 3. The Balaban J connectivity index is 2.61. The lowest BCUT2D eigenvalue weighted by Gasteiger charge is -2.49. The number of pyridine rings is 1. The first-order valence-electron chi connectivity index (χ1n) is 7.04. The number of aromatic nitrogens is 1. The van der Waals surface area contributed by atoms with Crippen LogP contribution in [0.2, 0.25) is 0 Å². The third-order valence-electron chi connectivity index (χ3n) is 3.88. The molecular formula is C14H16F3N3O4. The average molecular weight is 347 g/mol. The zero-order valence-corrected chi connectivity index (χ0v) is 12.9. The van der Waals surface area contributed by atoms with E-state index in [2.05, 4.69) is 10.3 Å². The van der Waals surface area contributed by atoms with Crippen LogP contribution in [0.25, 0.3) is 0 Å². The fourth-order valence-electron chi connectivity index (χ4n) is 2.65. The van der Waals surface area contributed by atoms with E-state index in [0.29, 0.717) is 0 Å². The number of nitrogens with zero attached hydrogens (tertiary/aromatic N) is 2. The van der Waals surface area contributed by atoms with Crippen molar-refractivity contribution in [3.05, 3.63) is 30.1 Å². The number of carbonyl (C=O) groups excluding carboxylic acids is 2. The number of nitrogens with one attached hydrogen (secondary N) is 1. The maximum absolute atomic E-state index is 13.6. The molecule has 1 aromatic heterocycles. The van der Waals surface area contributed by atoms with E-state index in [-0.39, 0.29) is 17.1 Å². The van der Waals surface area contributed by atoms with Crippen LogP contribution >= 0.6 is 0 Å². The highest BCUT2D eigenvalue weighted by molar-refractivity contribution is 5.83. The Morgan fingerprint density at radius 3 is 2.54 bits per heavy atom. The second-order valence-corrected chi connectivity index (χ2v) is 5.22. The number of amides is 2. The average Bonchev–Trinajstić information content (AvgIpc) is 2.52. The summed E-state index contributed by atoms with van der Waals surface area (Å²) in [5.41, 5.74) is -3.53. The van der Waals surface area contributed by atoms with Gasteiger partial charge in [-0.05, 0) is 24.6 Å². The number of ether oxygens (including phenoxy) is 1. The van der Waals surface area contributed by atoms with Crippen LogP contribution in [-0.2, 0) is 9.53 Å². The molecule has 7 nitrogen and oxygen atoms in total. The van der Waals surface area contributed by atoms with Gasteiger partial charge in [-0.15, -0.1) is 0 Å². The molecule has 2 heterocycles. The van der Waals surface area contributed by atoms with Gasteiger partial charge >= 0.3 is 18.2 Å². The molecule has 0 aromatic carbocycles. The van der Waals surface area contributed by atoms with Crippen molar-refractivity contribution < 1.29 is 32.6 Å². The molecule has 3 atom stereocenters. The SMILES string of the molecule is CCOC(=O)C1C(c2ccncc2)NC(=O)N(C)C1(O)C(F)(F)F. The van der Waals surface area contributed by atoms with E-state index >= 15 is 0 Å². The molecule has 0 saturated carbocycles. The standard InChI is InChI=1S/C14H16F3N3O4/c1-3-24-11(21)9-10(8-4-6-18-7-5-8)19-12(22)20(2)13(9,23)14(15,16)17/h4-7,9-10,23H,3H2,1-2H3,(H,19,22). The number of aliphatic hydroxyl groups is 1. The molecule has 10 heteroatoms. The van der Waals surface area contributed by atoms with Gasteiger partial charge in [-0.1, -0.05) is 0 Å². The van der Waals surface area contributed by atoms with Crippen molar-refractivity contribution in [2.24, 2.45) is 5.92 Å². The van der Waals surface area contributed by atoms with Gasteiger partial charge in [-0.2, -0.15) is 13.2 Å². The Labute approximate surface area is 135 Å². The Kier molecular flexibility index (Phi) is 4.70. The normalized spacial score (nSPS) is 27.6. The molecular weight excluding hydrogens is 331 g/mol. The zero-order chi connectivity index (χ0) is 18.1. The van der Waals surface area contributed by atoms with Crippen LogP contribution < -0.4 is 5.32 Å². The Morgan fingerprint density at radius 2 is 2.04 bits per heavy atom. The van der Waals surface area contributed by atoms with Gasteiger partial charge in [0.15, 0.2) is 0 Å². The van der Waals surface area contributed by atoms with E-state index in [1.807, 2.05) is 0 Å². The minimum Gasteiger partial charge on any atom is -0.466 e. The molecule has 3 unspecified atom stereocenters. The lowest BCUT2D eigenvalue weighted by Crippen LogP contribution is -2.73. The van der Waals surface area contributed by atoms with E-state index in [1.54, 1.807) is 0 Å². The summed E-state index contributed by atoms with van der Waals surface area (Å²) < 4.78 is 45.5. The van der Waals surface area contributed by atoms with Gasteiger partial charge < -0.3 is 15.2 Å². The van der Waals surface area contributed by atoms with E-state index in [9.17, 15) is 27.9 Å². The number of carbonyl (C=O) groups is 2. The highest BCUT2D eigenvalue weighted by Gasteiger charge is 2.69. The molecule has 0 bridgehead atoms. The van der Waals surface area contributed by atoms with E-state index in [0.717, 1.165) is 7.05 Å². The predicted octanol–water partition coefficient (Wildman–Crippen LogP) is 1.21. The molecule has 0 aliphatic carbocycles. The Bertz CT molecular complexity index is 625. The molecule has 24 heavy (non-hydrogen) atoms. The fraction of sp³-hybridized carbons (Fsp3) is 0.500. The largest absolute Gasteiger partial charge is 0.466 e. The van der Waals surface area contributed by atoms with Crippen molar-refractivity contribution in [2.45, 2.75) is 24.9 Å². The molecule has 0 radical (unpaired) electrons. The van der Waals surface area contributed by atoms with Crippen molar-refractivity contribution in [1.29, 1.82) is 0 Å². The van der Waals surface area contributed by atoms with E-state index in [1.165, 1.54) is 31.5 Å². The smallest absolute Gasteiger partial charge is 0.437 e. The molecule has 132 valence electrons. The lowest BCUT2D eigenvalue weighted by atomic mass is 9.81. The number of halogens is 3. The maximum Gasteiger partial charge on any atom is 0.437 e. The van der Waals surface area contributed by atoms with Crippen molar-refractivity contribution >= 4 is 12.0 Å². The maximum atomic E-state index is 13.6. The quantitative estimate of drug-likeness (QED) is 0.802. The van der Waals surface area contributed by atoms with Crippen LogP contribution in [0.4, 0.5) is 18.0 Å². The number of rotatable bonds is 3. The van der Waals surface area contributed by atoms with Gasteiger partial charge in [-0.3, -0.25) is 14.7 Å². The topological polar surface area (TPSA) is 91.8 Å². The molecule has 0 spiro atoms. The van der Waals surface area contributed by atoms with Gasteiger partial charge in [0.2, 0.25) is 0 Å². The summed E-state index contributed by atoms with van der Waals surface area (Å²) in [6, 6.07) is 0.0954. The minimum absolute atomic E-state index is 0.0618. The van der Waals surface area contributed by atoms with Crippen molar-refractivity contribution in [3.63, 3.8) is 0 Å². The number of esters is 1. The number of hydrogen-bond donors (Lipinski definition) is 2. The van der Waals surface area contributed by atoms with Gasteiger partial charge in [0, 0.05) is 19.4 Å². The van der Waals surface area contributed by atoms with Crippen molar-refractivity contribution in [1.82, 2.24) is 15.2 Å². The van der Waals surface area contributed by atoms with Crippen LogP contribution in [-0.4, -0.2) is 52.5 Å². The number of urea groups is 1. The molecule has 2 N–H and O–H groups in total. The summed E-state index contributed by atoms with van der Waals surface area (Å²) in [7, 11) is 0.762. The first-order valence-corrected chi connectivity index (χ1v) is 7.04. The van der Waals surface area contributed by atoms with Crippen LogP contribution in [0.5, 0.6) is 0 Å². The monoisotopic (exact) mass is 347 g/mol. The highest BCUT2D eigenvalue weighted by atomic mass is 19.4. The van der Waals surface area contributed by atoms with Crippen LogP contribution in [0, 0.1) is 5.92 Å². The summed E-state index contributed by atoms with van der Waals surface area (Å²) in [4.78, 5) is 28.0. The van der Waals surface area contributed by atoms with Crippen molar-refractivity contribution in [2.75, 3.05) is 13.7 Å². The predicted molar refractivity (Wildman–Crippen MR) is 74.4 cm³/mol. The van der Waals surface area contributed by atoms with Crippen LogP contribution in [0.1, 0.15) is 18.5 Å². The van der Waals surface area contributed by atoms with Gasteiger partial charge in [0.05, 0.1) is 12.6 Å². The minimum atomic E-state index is -5.28. The summed E-state index contributed by atoms with van der Waals surface area (Å²) in [6.07, 6.45) is -2.68. The molecule has 1 aliphatic heterocycles. The molecule has 2 amide bonds. The summed E-state index contributed by atoms with van der Waals surface area (Å²) in [5, 5.41) is 12.7.